The van der Waals surface area contributed by atoms with Gasteiger partial charge in [0.1, 0.15) is 6.29 Å². The largest absolute Gasteiger partial charge is 0.298 e. The van der Waals surface area contributed by atoms with Crippen LogP contribution in [0.5, 0.6) is 0 Å². The summed E-state index contributed by atoms with van der Waals surface area (Å²) >= 11 is 6.60. The Labute approximate surface area is 89.9 Å². The summed E-state index contributed by atoms with van der Waals surface area (Å²) in [6.07, 6.45) is 7.13. The van der Waals surface area contributed by atoms with Gasteiger partial charge in [0.05, 0.1) is 3.39 Å². The molecular weight excluding hydrogens is 284 g/mol. The number of hydrogen-bond acceptors (Lipinski definition) is 1. The van der Waals surface area contributed by atoms with Crippen LogP contribution in [0.1, 0.15) is 32.1 Å². The number of aldehydes is 1. The minimum atomic E-state index is 0.477. The van der Waals surface area contributed by atoms with Crippen molar-refractivity contribution in [3.05, 3.63) is 8.96 Å². The fourth-order valence-electron chi connectivity index (χ4n) is 1.71. The molecule has 1 saturated carbocycles. The average Bonchev–Trinajstić information content (AvgIpc) is 2.07. The lowest BCUT2D eigenvalue weighted by atomic mass is 9.85. The fourth-order valence-corrected chi connectivity index (χ4v) is 2.54. The zero-order chi connectivity index (χ0) is 8.97. The summed E-state index contributed by atoms with van der Waals surface area (Å²) in [7, 11) is 0. The molecule has 1 fully saturated rings. The molecule has 68 valence electrons. The molecule has 1 aliphatic rings. The molecule has 0 radical (unpaired) electrons. The van der Waals surface area contributed by atoms with E-state index in [1.807, 2.05) is 0 Å². The number of carbonyl (C=O) groups excluding carboxylic acids is 1. The highest BCUT2D eigenvalue weighted by molar-refractivity contribution is 9.28. The molecule has 0 heterocycles. The molecule has 0 saturated heterocycles. The standard InChI is InChI=1S/C9H12Br2O/c10-9(11)8(6-12)7-4-2-1-3-5-7/h6-7H,1-5H2. The van der Waals surface area contributed by atoms with Gasteiger partial charge < -0.3 is 0 Å². The molecule has 0 aromatic heterocycles. The van der Waals surface area contributed by atoms with Gasteiger partial charge in [-0.1, -0.05) is 19.3 Å². The summed E-state index contributed by atoms with van der Waals surface area (Å²) in [6, 6.07) is 0. The molecule has 0 unspecified atom stereocenters. The van der Waals surface area contributed by atoms with Crippen molar-refractivity contribution in [1.29, 1.82) is 0 Å². The molecule has 0 spiro atoms. The number of rotatable bonds is 2. The van der Waals surface area contributed by atoms with E-state index >= 15 is 0 Å². The van der Waals surface area contributed by atoms with Gasteiger partial charge in [0.2, 0.25) is 0 Å². The van der Waals surface area contributed by atoms with Gasteiger partial charge in [-0.2, -0.15) is 0 Å². The van der Waals surface area contributed by atoms with Crippen molar-refractivity contribution in [3.63, 3.8) is 0 Å². The first-order chi connectivity index (χ1) is 5.75. The van der Waals surface area contributed by atoms with Crippen LogP contribution in [0.15, 0.2) is 8.96 Å². The highest BCUT2D eigenvalue weighted by atomic mass is 79.9. The van der Waals surface area contributed by atoms with E-state index in [9.17, 15) is 4.79 Å². The fraction of sp³-hybridized carbons (Fsp3) is 0.667. The van der Waals surface area contributed by atoms with Crippen LogP contribution in [0.4, 0.5) is 0 Å². The summed E-state index contributed by atoms with van der Waals surface area (Å²) in [6.45, 7) is 0. The van der Waals surface area contributed by atoms with Gasteiger partial charge in [-0.15, -0.1) is 0 Å². The predicted molar refractivity (Wildman–Crippen MR) is 57.5 cm³/mol. The van der Waals surface area contributed by atoms with Crippen LogP contribution < -0.4 is 0 Å². The Bertz CT molecular complexity index is 189. The third-order valence-corrected chi connectivity index (χ3v) is 3.31. The van der Waals surface area contributed by atoms with Crippen LogP contribution in [-0.4, -0.2) is 6.29 Å². The third-order valence-electron chi connectivity index (χ3n) is 2.39. The lowest BCUT2D eigenvalue weighted by Gasteiger charge is -2.21. The normalized spacial score (nSPS) is 18.8. The summed E-state index contributed by atoms with van der Waals surface area (Å²) in [5, 5.41) is 0. The first kappa shape index (κ1) is 10.5. The summed E-state index contributed by atoms with van der Waals surface area (Å²) < 4.78 is 0.830. The van der Waals surface area contributed by atoms with E-state index in [0.717, 1.165) is 28.1 Å². The molecule has 3 heteroatoms. The van der Waals surface area contributed by atoms with Crippen molar-refractivity contribution in [2.45, 2.75) is 32.1 Å². The Morgan fingerprint density at radius 3 is 2.17 bits per heavy atom. The molecule has 1 rings (SSSR count). The highest BCUT2D eigenvalue weighted by Crippen LogP contribution is 2.33. The Balaban J connectivity index is 2.65. The van der Waals surface area contributed by atoms with Gasteiger partial charge in [0, 0.05) is 5.57 Å². The second kappa shape index (κ2) is 5.18. The van der Waals surface area contributed by atoms with Crippen LogP contribution >= 0.6 is 31.9 Å². The molecule has 0 N–H and O–H groups in total. The lowest BCUT2D eigenvalue weighted by Crippen LogP contribution is -2.10. The Morgan fingerprint density at radius 1 is 1.17 bits per heavy atom. The maximum atomic E-state index is 10.7. The molecule has 0 bridgehead atoms. The Morgan fingerprint density at radius 2 is 1.75 bits per heavy atom. The minimum Gasteiger partial charge on any atom is -0.298 e. The van der Waals surface area contributed by atoms with E-state index in [2.05, 4.69) is 31.9 Å². The van der Waals surface area contributed by atoms with Gasteiger partial charge in [-0.3, -0.25) is 4.79 Å². The second-order valence-electron chi connectivity index (χ2n) is 3.17. The SMILES string of the molecule is O=CC(=C(Br)Br)C1CCCCC1. The first-order valence-corrected chi connectivity index (χ1v) is 5.84. The van der Waals surface area contributed by atoms with Crippen LogP contribution in [0, 0.1) is 5.92 Å². The molecule has 12 heavy (non-hydrogen) atoms. The van der Waals surface area contributed by atoms with E-state index < -0.39 is 0 Å². The molecule has 1 aliphatic carbocycles. The number of allylic oxidation sites excluding steroid dienone is 1. The predicted octanol–water partition coefficient (Wildman–Crippen LogP) is 3.77. The van der Waals surface area contributed by atoms with Crippen LogP contribution in [-0.2, 0) is 4.79 Å². The molecule has 0 aliphatic heterocycles. The maximum Gasteiger partial charge on any atom is 0.147 e. The topological polar surface area (TPSA) is 17.1 Å². The molecular formula is C9H12Br2O. The number of halogens is 2. The van der Waals surface area contributed by atoms with Crippen molar-refractivity contribution in [2.24, 2.45) is 5.92 Å². The van der Waals surface area contributed by atoms with E-state index in [1.54, 1.807) is 0 Å². The Hall–Kier alpha value is 0.370. The number of carbonyl (C=O) groups is 1. The summed E-state index contributed by atoms with van der Waals surface area (Å²) in [5.41, 5.74) is 0.898. The maximum absolute atomic E-state index is 10.7. The van der Waals surface area contributed by atoms with E-state index in [4.69, 9.17) is 0 Å². The number of hydrogen-bond donors (Lipinski definition) is 0. The van der Waals surface area contributed by atoms with E-state index in [0.29, 0.717) is 5.92 Å². The average molecular weight is 296 g/mol. The third kappa shape index (κ3) is 2.70. The summed E-state index contributed by atoms with van der Waals surface area (Å²) in [5.74, 6) is 0.477. The van der Waals surface area contributed by atoms with Crippen molar-refractivity contribution in [2.75, 3.05) is 0 Å². The molecule has 1 nitrogen and oxygen atoms in total. The van der Waals surface area contributed by atoms with Crippen molar-refractivity contribution < 1.29 is 4.79 Å². The van der Waals surface area contributed by atoms with Gasteiger partial charge in [-0.05, 0) is 50.6 Å². The summed E-state index contributed by atoms with van der Waals surface area (Å²) in [4.78, 5) is 10.7. The van der Waals surface area contributed by atoms with Crippen molar-refractivity contribution >= 4 is 38.1 Å². The van der Waals surface area contributed by atoms with Crippen LogP contribution in [0.2, 0.25) is 0 Å². The molecule has 0 aromatic rings. The molecule has 0 atom stereocenters. The van der Waals surface area contributed by atoms with Crippen LogP contribution in [0.25, 0.3) is 0 Å². The van der Waals surface area contributed by atoms with E-state index in [-0.39, 0.29) is 0 Å². The highest BCUT2D eigenvalue weighted by Gasteiger charge is 2.18. The Kier molecular flexibility index (Phi) is 4.51. The lowest BCUT2D eigenvalue weighted by molar-refractivity contribution is -0.105. The second-order valence-corrected chi connectivity index (χ2v) is 5.82. The molecule has 0 amide bonds. The van der Waals surface area contributed by atoms with Gasteiger partial charge in [0.25, 0.3) is 0 Å². The van der Waals surface area contributed by atoms with E-state index in [1.165, 1.54) is 19.3 Å². The molecule has 0 aromatic carbocycles. The van der Waals surface area contributed by atoms with Crippen molar-refractivity contribution in [1.82, 2.24) is 0 Å². The van der Waals surface area contributed by atoms with Crippen LogP contribution in [0.3, 0.4) is 0 Å². The smallest absolute Gasteiger partial charge is 0.147 e. The zero-order valence-electron chi connectivity index (χ0n) is 6.85. The van der Waals surface area contributed by atoms with Crippen molar-refractivity contribution in [3.8, 4) is 0 Å². The first-order valence-electron chi connectivity index (χ1n) is 4.26. The van der Waals surface area contributed by atoms with Gasteiger partial charge >= 0.3 is 0 Å². The van der Waals surface area contributed by atoms with Gasteiger partial charge in [0.15, 0.2) is 0 Å². The zero-order valence-corrected chi connectivity index (χ0v) is 10.0. The van der Waals surface area contributed by atoms with Gasteiger partial charge in [-0.25, -0.2) is 0 Å². The minimum absolute atomic E-state index is 0.477. The quantitative estimate of drug-likeness (QED) is 0.560. The monoisotopic (exact) mass is 294 g/mol.